The van der Waals surface area contributed by atoms with Gasteiger partial charge in [0.15, 0.2) is 0 Å². The largest absolute Gasteiger partial charge is 0.478 e. The lowest BCUT2D eigenvalue weighted by atomic mass is 10.1. The predicted octanol–water partition coefficient (Wildman–Crippen LogP) is 3.95. The smallest absolute Gasteiger partial charge is 0.336 e. The van der Waals surface area contributed by atoms with Gasteiger partial charge >= 0.3 is 5.97 Å². The fraction of sp³-hybridized carbons (Fsp3) is 0.214. The van der Waals surface area contributed by atoms with Gasteiger partial charge in [0.2, 0.25) is 0 Å². The third-order valence-electron chi connectivity index (χ3n) is 2.83. The number of aromatic carboxylic acids is 1. The van der Waals surface area contributed by atoms with Gasteiger partial charge in [0.25, 0.3) is 0 Å². The Balaban J connectivity index is 1.96. The first-order chi connectivity index (χ1) is 9.06. The van der Waals surface area contributed by atoms with Gasteiger partial charge in [0.1, 0.15) is 0 Å². The number of halogens is 1. The van der Waals surface area contributed by atoms with Crippen molar-refractivity contribution >= 4 is 28.9 Å². The predicted molar refractivity (Wildman–Crippen MR) is 78.0 cm³/mol. The van der Waals surface area contributed by atoms with E-state index in [1.54, 1.807) is 11.4 Å². The van der Waals surface area contributed by atoms with Gasteiger partial charge in [-0.25, -0.2) is 4.79 Å². The molecule has 1 aromatic heterocycles. The van der Waals surface area contributed by atoms with Crippen LogP contribution in [-0.4, -0.2) is 11.1 Å². The van der Waals surface area contributed by atoms with E-state index >= 15 is 0 Å². The molecule has 0 amide bonds. The van der Waals surface area contributed by atoms with E-state index in [4.69, 9.17) is 16.7 Å². The highest BCUT2D eigenvalue weighted by molar-refractivity contribution is 7.10. The third kappa shape index (κ3) is 3.80. The standard InChI is InChI=1S/C14H14ClNO2S/c1-9(10-3-2-4-12(15)5-10)16-7-13-6-11(8-19-13)14(17)18/h2-6,8-9,16H,7H2,1H3,(H,17,18). The molecule has 1 aromatic carbocycles. The number of carbonyl (C=O) groups is 1. The van der Waals surface area contributed by atoms with Gasteiger partial charge in [-0.05, 0) is 30.7 Å². The first kappa shape index (κ1) is 14.1. The molecule has 100 valence electrons. The Hall–Kier alpha value is -1.36. The van der Waals surface area contributed by atoms with Gasteiger partial charge in [0.05, 0.1) is 5.56 Å². The van der Waals surface area contributed by atoms with Gasteiger partial charge < -0.3 is 10.4 Å². The van der Waals surface area contributed by atoms with Crippen LogP contribution in [0.1, 0.15) is 33.8 Å². The molecule has 1 heterocycles. The monoisotopic (exact) mass is 295 g/mol. The molecular weight excluding hydrogens is 282 g/mol. The molecule has 0 saturated heterocycles. The number of thiophene rings is 1. The van der Waals surface area contributed by atoms with Crippen molar-refractivity contribution in [3.63, 3.8) is 0 Å². The first-order valence-corrected chi connectivity index (χ1v) is 7.11. The van der Waals surface area contributed by atoms with Crippen LogP contribution in [0.25, 0.3) is 0 Å². The van der Waals surface area contributed by atoms with E-state index in [2.05, 4.69) is 12.2 Å². The van der Waals surface area contributed by atoms with Crippen molar-refractivity contribution in [1.82, 2.24) is 5.32 Å². The average Bonchev–Trinajstić information content (AvgIpc) is 2.85. The Kier molecular flexibility index (Phi) is 4.58. The minimum atomic E-state index is -0.884. The Bertz CT molecular complexity index is 582. The number of rotatable bonds is 5. The molecule has 2 aromatic rings. The van der Waals surface area contributed by atoms with Crippen LogP contribution in [0, 0.1) is 0 Å². The Morgan fingerprint density at radius 2 is 2.26 bits per heavy atom. The molecule has 1 unspecified atom stereocenters. The first-order valence-electron chi connectivity index (χ1n) is 5.86. The fourth-order valence-corrected chi connectivity index (χ4v) is 2.74. The molecule has 0 spiro atoms. The van der Waals surface area contributed by atoms with E-state index in [0.717, 1.165) is 15.5 Å². The third-order valence-corrected chi connectivity index (χ3v) is 4.00. The second-order valence-corrected chi connectivity index (χ2v) is 5.70. The molecule has 3 nitrogen and oxygen atoms in total. The summed E-state index contributed by atoms with van der Waals surface area (Å²) in [6.45, 7) is 2.70. The van der Waals surface area contributed by atoms with Gasteiger partial charge in [-0.15, -0.1) is 11.3 Å². The van der Waals surface area contributed by atoms with E-state index in [-0.39, 0.29) is 6.04 Å². The Morgan fingerprint density at radius 3 is 2.89 bits per heavy atom. The minimum absolute atomic E-state index is 0.161. The van der Waals surface area contributed by atoms with Gasteiger partial charge in [-0.1, -0.05) is 23.7 Å². The maximum absolute atomic E-state index is 10.8. The average molecular weight is 296 g/mol. The fourth-order valence-electron chi connectivity index (χ4n) is 1.73. The zero-order chi connectivity index (χ0) is 13.8. The molecule has 0 fully saturated rings. The van der Waals surface area contributed by atoms with Crippen molar-refractivity contribution < 1.29 is 9.90 Å². The van der Waals surface area contributed by atoms with Crippen molar-refractivity contribution in [1.29, 1.82) is 0 Å². The van der Waals surface area contributed by atoms with E-state index in [0.29, 0.717) is 12.1 Å². The molecule has 5 heteroatoms. The Morgan fingerprint density at radius 1 is 1.47 bits per heavy atom. The van der Waals surface area contributed by atoms with Crippen LogP contribution in [0.15, 0.2) is 35.7 Å². The molecule has 2 rings (SSSR count). The molecule has 1 atom stereocenters. The topological polar surface area (TPSA) is 49.3 Å². The lowest BCUT2D eigenvalue weighted by molar-refractivity contribution is 0.0697. The molecule has 0 radical (unpaired) electrons. The molecular formula is C14H14ClNO2S. The van der Waals surface area contributed by atoms with Gasteiger partial charge in [0, 0.05) is 27.9 Å². The van der Waals surface area contributed by atoms with Crippen LogP contribution in [0.4, 0.5) is 0 Å². The normalized spacial score (nSPS) is 12.3. The summed E-state index contributed by atoms with van der Waals surface area (Å²) in [5, 5.41) is 14.6. The molecule has 0 aliphatic heterocycles. The lowest BCUT2D eigenvalue weighted by Gasteiger charge is -2.13. The number of carboxylic acids is 1. The van der Waals surface area contributed by atoms with Crippen molar-refractivity contribution in [2.24, 2.45) is 0 Å². The number of hydrogen-bond donors (Lipinski definition) is 2. The van der Waals surface area contributed by atoms with Crippen molar-refractivity contribution in [3.8, 4) is 0 Å². The SMILES string of the molecule is CC(NCc1cc(C(=O)O)cs1)c1cccc(Cl)c1. The van der Waals surface area contributed by atoms with E-state index < -0.39 is 5.97 Å². The van der Waals surface area contributed by atoms with Crippen molar-refractivity contribution in [3.05, 3.63) is 56.7 Å². The minimum Gasteiger partial charge on any atom is -0.478 e. The van der Waals surface area contributed by atoms with Crippen LogP contribution >= 0.6 is 22.9 Å². The summed E-state index contributed by atoms with van der Waals surface area (Å²) in [7, 11) is 0. The second-order valence-electron chi connectivity index (χ2n) is 4.26. The summed E-state index contributed by atoms with van der Waals surface area (Å²) in [5.74, 6) is -0.884. The zero-order valence-electron chi connectivity index (χ0n) is 10.4. The number of carboxylic acid groups (broad SMARTS) is 1. The van der Waals surface area contributed by atoms with E-state index in [1.807, 2.05) is 24.3 Å². The summed E-state index contributed by atoms with van der Waals surface area (Å²) in [6.07, 6.45) is 0. The maximum atomic E-state index is 10.8. The highest BCUT2D eigenvalue weighted by Gasteiger charge is 2.09. The molecule has 0 saturated carbocycles. The van der Waals surface area contributed by atoms with E-state index in [1.165, 1.54) is 11.3 Å². The Labute approximate surface area is 120 Å². The number of benzene rings is 1. The number of hydrogen-bond acceptors (Lipinski definition) is 3. The second kappa shape index (κ2) is 6.19. The van der Waals surface area contributed by atoms with Crippen LogP contribution < -0.4 is 5.32 Å². The molecule has 0 bridgehead atoms. The van der Waals surface area contributed by atoms with Crippen molar-refractivity contribution in [2.45, 2.75) is 19.5 Å². The van der Waals surface area contributed by atoms with Gasteiger partial charge in [-0.3, -0.25) is 0 Å². The highest BCUT2D eigenvalue weighted by Crippen LogP contribution is 2.19. The molecule has 2 N–H and O–H groups in total. The van der Waals surface area contributed by atoms with Crippen LogP contribution in [0.3, 0.4) is 0 Å². The number of nitrogens with one attached hydrogen (secondary N) is 1. The van der Waals surface area contributed by atoms with Crippen LogP contribution in [0.2, 0.25) is 5.02 Å². The quantitative estimate of drug-likeness (QED) is 0.878. The highest BCUT2D eigenvalue weighted by atomic mass is 35.5. The summed E-state index contributed by atoms with van der Waals surface area (Å²) in [5.41, 5.74) is 1.46. The summed E-state index contributed by atoms with van der Waals surface area (Å²) in [4.78, 5) is 11.8. The summed E-state index contributed by atoms with van der Waals surface area (Å²) < 4.78 is 0. The van der Waals surface area contributed by atoms with Crippen molar-refractivity contribution in [2.75, 3.05) is 0 Å². The van der Waals surface area contributed by atoms with Gasteiger partial charge in [-0.2, -0.15) is 0 Å². The molecule has 0 aliphatic carbocycles. The summed E-state index contributed by atoms with van der Waals surface area (Å²) >= 11 is 7.40. The lowest BCUT2D eigenvalue weighted by Crippen LogP contribution is -2.17. The molecule has 19 heavy (non-hydrogen) atoms. The van der Waals surface area contributed by atoms with E-state index in [9.17, 15) is 4.79 Å². The van der Waals surface area contributed by atoms with Crippen LogP contribution in [0.5, 0.6) is 0 Å². The molecule has 0 aliphatic rings. The maximum Gasteiger partial charge on any atom is 0.336 e. The summed E-state index contributed by atoms with van der Waals surface area (Å²) in [6, 6.07) is 9.57. The zero-order valence-corrected chi connectivity index (χ0v) is 12.0. The van der Waals surface area contributed by atoms with Crippen LogP contribution in [-0.2, 0) is 6.54 Å².